The molecular formula is C11H19F3N2O2. The van der Waals surface area contributed by atoms with E-state index in [1.54, 1.807) is 0 Å². The second-order valence-electron chi connectivity index (χ2n) is 4.68. The summed E-state index contributed by atoms with van der Waals surface area (Å²) < 4.78 is 39.7. The molecule has 1 aliphatic rings. The molecule has 0 radical (unpaired) electrons. The number of alkyl halides is 3. The van der Waals surface area contributed by atoms with Gasteiger partial charge in [-0.2, -0.15) is 13.2 Å². The van der Waals surface area contributed by atoms with E-state index in [-0.39, 0.29) is 25.0 Å². The van der Waals surface area contributed by atoms with Crippen molar-refractivity contribution in [2.45, 2.75) is 32.0 Å². The molecule has 0 aromatic rings. The lowest BCUT2D eigenvalue weighted by atomic mass is 9.98. The monoisotopic (exact) mass is 268 g/mol. The Morgan fingerprint density at radius 3 is 2.78 bits per heavy atom. The maximum atomic E-state index is 11.8. The number of halogens is 3. The van der Waals surface area contributed by atoms with Crippen LogP contribution >= 0.6 is 0 Å². The fraction of sp³-hybridized carbons (Fsp3) is 0.909. The molecule has 4 nitrogen and oxygen atoms in total. The first kappa shape index (κ1) is 15.2. The van der Waals surface area contributed by atoms with Gasteiger partial charge in [0.05, 0.1) is 6.61 Å². The Labute approximate surface area is 104 Å². The molecule has 106 valence electrons. The van der Waals surface area contributed by atoms with Crippen molar-refractivity contribution in [1.82, 2.24) is 10.6 Å². The largest absolute Gasteiger partial charge is 0.411 e. The van der Waals surface area contributed by atoms with Gasteiger partial charge < -0.3 is 15.4 Å². The van der Waals surface area contributed by atoms with Crippen LogP contribution in [-0.4, -0.2) is 44.4 Å². The third kappa shape index (κ3) is 6.80. The Morgan fingerprint density at radius 1 is 1.44 bits per heavy atom. The number of piperidine rings is 1. The van der Waals surface area contributed by atoms with E-state index in [1.165, 1.54) is 0 Å². The van der Waals surface area contributed by atoms with Crippen molar-refractivity contribution >= 4 is 5.91 Å². The fourth-order valence-corrected chi connectivity index (χ4v) is 1.92. The molecule has 0 aliphatic carbocycles. The Hall–Kier alpha value is -0.820. The fourth-order valence-electron chi connectivity index (χ4n) is 1.92. The summed E-state index contributed by atoms with van der Waals surface area (Å²) in [6.45, 7) is 2.21. The van der Waals surface area contributed by atoms with Crippen LogP contribution in [0.15, 0.2) is 0 Å². The average Bonchev–Trinajstić information content (AvgIpc) is 2.23. The number of hydrogen-bond donors (Lipinski definition) is 2. The van der Waals surface area contributed by atoms with Crippen LogP contribution in [0.25, 0.3) is 0 Å². The lowest BCUT2D eigenvalue weighted by molar-refractivity contribution is -0.174. The number of rotatable bonds is 5. The summed E-state index contributed by atoms with van der Waals surface area (Å²) in [5, 5.41) is 5.97. The van der Waals surface area contributed by atoms with Gasteiger partial charge in [-0.15, -0.1) is 0 Å². The second-order valence-corrected chi connectivity index (χ2v) is 4.68. The standard InChI is InChI=1S/C11H19F3N2O2/c1-8-4-9(6-15-5-8)16-10(17)2-3-18-7-11(12,13)14/h8-9,15H,2-7H2,1H3,(H,16,17). The van der Waals surface area contributed by atoms with Crippen LogP contribution in [0.4, 0.5) is 13.2 Å². The van der Waals surface area contributed by atoms with Crippen LogP contribution in [0.3, 0.4) is 0 Å². The zero-order valence-corrected chi connectivity index (χ0v) is 10.3. The Morgan fingerprint density at radius 2 is 2.17 bits per heavy atom. The van der Waals surface area contributed by atoms with Crippen molar-refractivity contribution in [1.29, 1.82) is 0 Å². The quantitative estimate of drug-likeness (QED) is 0.733. The minimum Gasteiger partial charge on any atom is -0.372 e. The van der Waals surface area contributed by atoms with E-state index in [4.69, 9.17) is 0 Å². The molecule has 2 unspecified atom stereocenters. The van der Waals surface area contributed by atoms with Crippen molar-refractivity contribution in [2.24, 2.45) is 5.92 Å². The topological polar surface area (TPSA) is 50.4 Å². The molecule has 0 aromatic carbocycles. The predicted octanol–water partition coefficient (Wildman–Crippen LogP) is 1.07. The maximum Gasteiger partial charge on any atom is 0.411 e. The zero-order chi connectivity index (χ0) is 13.6. The lowest BCUT2D eigenvalue weighted by Crippen LogP contribution is -2.48. The van der Waals surface area contributed by atoms with Gasteiger partial charge in [0.15, 0.2) is 0 Å². The van der Waals surface area contributed by atoms with Crippen molar-refractivity contribution in [3.63, 3.8) is 0 Å². The predicted molar refractivity (Wildman–Crippen MR) is 60.1 cm³/mol. The number of carbonyl (C=O) groups excluding carboxylic acids is 1. The van der Waals surface area contributed by atoms with Crippen molar-refractivity contribution in [3.05, 3.63) is 0 Å². The first-order valence-electron chi connectivity index (χ1n) is 6.01. The molecule has 2 atom stereocenters. The van der Waals surface area contributed by atoms with E-state index in [1.807, 2.05) is 0 Å². The van der Waals surface area contributed by atoms with Gasteiger partial charge in [0.25, 0.3) is 0 Å². The number of hydrogen-bond acceptors (Lipinski definition) is 3. The van der Waals surface area contributed by atoms with Crippen LogP contribution in [-0.2, 0) is 9.53 Å². The summed E-state index contributed by atoms with van der Waals surface area (Å²) in [7, 11) is 0. The lowest BCUT2D eigenvalue weighted by Gasteiger charge is -2.28. The highest BCUT2D eigenvalue weighted by Crippen LogP contribution is 2.14. The highest BCUT2D eigenvalue weighted by molar-refractivity contribution is 5.76. The van der Waals surface area contributed by atoms with Crippen LogP contribution in [0, 0.1) is 5.92 Å². The number of amides is 1. The van der Waals surface area contributed by atoms with E-state index >= 15 is 0 Å². The minimum atomic E-state index is -4.33. The van der Waals surface area contributed by atoms with Gasteiger partial charge in [-0.25, -0.2) is 0 Å². The van der Waals surface area contributed by atoms with Gasteiger partial charge in [0.1, 0.15) is 6.61 Å². The summed E-state index contributed by atoms with van der Waals surface area (Å²) in [5.41, 5.74) is 0. The first-order chi connectivity index (χ1) is 8.37. The molecule has 1 aliphatic heterocycles. The third-order valence-corrected chi connectivity index (χ3v) is 2.67. The number of carbonyl (C=O) groups is 1. The molecule has 0 bridgehead atoms. The van der Waals surface area contributed by atoms with Gasteiger partial charge in [0.2, 0.25) is 5.91 Å². The first-order valence-corrected chi connectivity index (χ1v) is 6.01. The Kier molecular flexibility index (Phi) is 5.87. The molecule has 0 saturated carbocycles. The molecule has 1 rings (SSSR count). The third-order valence-electron chi connectivity index (χ3n) is 2.67. The van der Waals surface area contributed by atoms with Gasteiger partial charge >= 0.3 is 6.18 Å². The molecule has 0 spiro atoms. The minimum absolute atomic E-state index is 0.0407. The molecule has 7 heteroatoms. The highest BCUT2D eigenvalue weighted by Gasteiger charge is 2.27. The van der Waals surface area contributed by atoms with Gasteiger partial charge in [-0.1, -0.05) is 6.92 Å². The summed E-state index contributed by atoms with van der Waals surface area (Å²) in [6, 6.07) is 0.0591. The van der Waals surface area contributed by atoms with Crippen molar-refractivity contribution in [3.8, 4) is 0 Å². The molecule has 1 saturated heterocycles. The summed E-state index contributed by atoms with van der Waals surface area (Å²) in [6.07, 6.45) is -3.48. The van der Waals surface area contributed by atoms with E-state index in [2.05, 4.69) is 22.3 Å². The molecule has 0 aromatic heterocycles. The second kappa shape index (κ2) is 6.94. The van der Waals surface area contributed by atoms with E-state index < -0.39 is 12.8 Å². The molecule has 18 heavy (non-hydrogen) atoms. The van der Waals surface area contributed by atoms with Crippen LogP contribution in [0.5, 0.6) is 0 Å². The Balaban J connectivity index is 2.10. The summed E-state index contributed by atoms with van der Waals surface area (Å²) >= 11 is 0. The van der Waals surface area contributed by atoms with Crippen LogP contribution in [0.2, 0.25) is 0 Å². The zero-order valence-electron chi connectivity index (χ0n) is 10.3. The van der Waals surface area contributed by atoms with Crippen molar-refractivity contribution < 1.29 is 22.7 Å². The molecule has 1 fully saturated rings. The van der Waals surface area contributed by atoms with Gasteiger partial charge in [-0.05, 0) is 18.9 Å². The van der Waals surface area contributed by atoms with Crippen LogP contribution in [0.1, 0.15) is 19.8 Å². The normalized spacial score (nSPS) is 24.9. The maximum absolute atomic E-state index is 11.8. The van der Waals surface area contributed by atoms with Gasteiger partial charge in [0, 0.05) is 19.0 Å². The SMILES string of the molecule is CC1CNCC(NC(=O)CCOCC(F)(F)F)C1. The number of ether oxygens (including phenoxy) is 1. The molecule has 1 amide bonds. The van der Waals surface area contributed by atoms with E-state index in [0.717, 1.165) is 13.0 Å². The molecule has 2 N–H and O–H groups in total. The van der Waals surface area contributed by atoms with E-state index in [0.29, 0.717) is 12.5 Å². The summed E-state index contributed by atoms with van der Waals surface area (Å²) in [4.78, 5) is 11.4. The van der Waals surface area contributed by atoms with E-state index in [9.17, 15) is 18.0 Å². The summed E-state index contributed by atoms with van der Waals surface area (Å²) in [5.74, 6) is 0.226. The highest BCUT2D eigenvalue weighted by atomic mass is 19.4. The molecular weight excluding hydrogens is 249 g/mol. The van der Waals surface area contributed by atoms with Gasteiger partial charge in [-0.3, -0.25) is 4.79 Å². The average molecular weight is 268 g/mol. The van der Waals surface area contributed by atoms with Crippen molar-refractivity contribution in [2.75, 3.05) is 26.3 Å². The van der Waals surface area contributed by atoms with Crippen LogP contribution < -0.4 is 10.6 Å². The Bertz CT molecular complexity index is 272. The smallest absolute Gasteiger partial charge is 0.372 e. The number of nitrogens with one attached hydrogen (secondary N) is 2. The molecule has 1 heterocycles.